The second-order valence-electron chi connectivity index (χ2n) is 5.09. The molecule has 2 rings (SSSR count). The number of hydrogen-bond acceptors (Lipinski definition) is 2. The molecule has 0 saturated heterocycles. The van der Waals surface area contributed by atoms with Crippen LogP contribution >= 0.6 is 0 Å². The van der Waals surface area contributed by atoms with Crippen molar-refractivity contribution in [2.75, 3.05) is 0 Å². The molecular formula is C12H19NO3. The summed E-state index contributed by atoms with van der Waals surface area (Å²) in [5.74, 6) is -0.104. The van der Waals surface area contributed by atoms with Crippen LogP contribution in [0.3, 0.4) is 0 Å². The first-order valence-electron chi connectivity index (χ1n) is 6.17. The third-order valence-electron chi connectivity index (χ3n) is 3.62. The highest BCUT2D eigenvalue weighted by Gasteiger charge is 2.30. The lowest BCUT2D eigenvalue weighted by atomic mass is 10.1. The van der Waals surface area contributed by atoms with E-state index in [4.69, 9.17) is 5.11 Å². The molecule has 2 N–H and O–H groups in total. The molecule has 0 radical (unpaired) electrons. The average Bonchev–Trinajstić information content (AvgIpc) is 2.95. The van der Waals surface area contributed by atoms with Crippen LogP contribution in [0, 0.1) is 11.8 Å². The van der Waals surface area contributed by atoms with Crippen LogP contribution < -0.4 is 5.32 Å². The Balaban J connectivity index is 1.65. The molecule has 0 bridgehead atoms. The fourth-order valence-electron chi connectivity index (χ4n) is 2.38. The van der Waals surface area contributed by atoms with Crippen molar-refractivity contribution < 1.29 is 14.7 Å². The second-order valence-corrected chi connectivity index (χ2v) is 5.09. The Morgan fingerprint density at radius 3 is 2.50 bits per heavy atom. The van der Waals surface area contributed by atoms with Gasteiger partial charge in [0.2, 0.25) is 5.91 Å². The minimum atomic E-state index is -0.727. The first-order valence-corrected chi connectivity index (χ1v) is 6.17. The number of aliphatic carboxylic acids is 1. The van der Waals surface area contributed by atoms with Gasteiger partial charge in [-0.2, -0.15) is 0 Å². The summed E-state index contributed by atoms with van der Waals surface area (Å²) in [4.78, 5) is 22.3. The summed E-state index contributed by atoms with van der Waals surface area (Å²) in [6.45, 7) is 0. The van der Waals surface area contributed by atoms with Crippen molar-refractivity contribution in [3.8, 4) is 0 Å². The van der Waals surface area contributed by atoms with E-state index in [-0.39, 0.29) is 17.9 Å². The Labute approximate surface area is 95.4 Å². The average molecular weight is 225 g/mol. The number of carboxylic acid groups (broad SMARTS) is 1. The molecule has 1 amide bonds. The molecule has 2 unspecified atom stereocenters. The van der Waals surface area contributed by atoms with Crippen LogP contribution in [-0.2, 0) is 9.59 Å². The molecule has 2 fully saturated rings. The van der Waals surface area contributed by atoms with Gasteiger partial charge in [0.25, 0.3) is 0 Å². The minimum Gasteiger partial charge on any atom is -0.481 e. The molecule has 4 heteroatoms. The van der Waals surface area contributed by atoms with Gasteiger partial charge in [-0.25, -0.2) is 0 Å². The van der Waals surface area contributed by atoms with Gasteiger partial charge in [-0.1, -0.05) is 12.8 Å². The SMILES string of the molecule is O=C(CCC1CC1)NC1CCC(C(=O)O)C1. The molecule has 0 spiro atoms. The molecule has 0 heterocycles. The number of hydrogen-bond donors (Lipinski definition) is 2. The topological polar surface area (TPSA) is 66.4 Å². The summed E-state index contributed by atoms with van der Waals surface area (Å²) in [5.41, 5.74) is 0. The third-order valence-corrected chi connectivity index (χ3v) is 3.62. The van der Waals surface area contributed by atoms with Crippen LogP contribution in [0.1, 0.15) is 44.9 Å². The lowest BCUT2D eigenvalue weighted by Crippen LogP contribution is -2.33. The first-order chi connectivity index (χ1) is 7.65. The Bertz CT molecular complexity index is 286. The molecule has 0 aliphatic heterocycles. The lowest BCUT2D eigenvalue weighted by molar-refractivity contribution is -0.141. The maximum Gasteiger partial charge on any atom is 0.306 e. The zero-order chi connectivity index (χ0) is 11.5. The number of carboxylic acids is 1. The van der Waals surface area contributed by atoms with Gasteiger partial charge in [0.15, 0.2) is 0 Å². The van der Waals surface area contributed by atoms with Crippen LogP contribution in [0.15, 0.2) is 0 Å². The Morgan fingerprint density at radius 2 is 1.94 bits per heavy atom. The van der Waals surface area contributed by atoms with E-state index in [1.165, 1.54) is 12.8 Å². The van der Waals surface area contributed by atoms with Gasteiger partial charge >= 0.3 is 5.97 Å². The number of nitrogens with one attached hydrogen (secondary N) is 1. The van der Waals surface area contributed by atoms with E-state index in [9.17, 15) is 9.59 Å². The first kappa shape index (κ1) is 11.4. The fraction of sp³-hybridized carbons (Fsp3) is 0.833. The molecule has 0 aromatic heterocycles. The van der Waals surface area contributed by atoms with Gasteiger partial charge in [-0.3, -0.25) is 9.59 Å². The van der Waals surface area contributed by atoms with Gasteiger partial charge < -0.3 is 10.4 Å². The number of amides is 1. The van der Waals surface area contributed by atoms with E-state index in [1.807, 2.05) is 0 Å². The molecule has 0 aromatic rings. The predicted molar refractivity (Wildman–Crippen MR) is 58.9 cm³/mol. The highest BCUT2D eigenvalue weighted by atomic mass is 16.4. The van der Waals surface area contributed by atoms with E-state index in [0.29, 0.717) is 19.3 Å². The zero-order valence-electron chi connectivity index (χ0n) is 9.45. The maximum absolute atomic E-state index is 11.5. The monoisotopic (exact) mass is 225 g/mol. The molecule has 2 aliphatic carbocycles. The maximum atomic E-state index is 11.5. The van der Waals surface area contributed by atoms with E-state index < -0.39 is 5.97 Å². The van der Waals surface area contributed by atoms with Crippen molar-refractivity contribution in [1.82, 2.24) is 5.32 Å². The smallest absolute Gasteiger partial charge is 0.306 e. The van der Waals surface area contributed by atoms with Crippen LogP contribution in [0.4, 0.5) is 0 Å². The molecule has 2 atom stereocenters. The van der Waals surface area contributed by atoms with E-state index in [2.05, 4.69) is 5.32 Å². The highest BCUT2D eigenvalue weighted by molar-refractivity contribution is 5.76. The summed E-state index contributed by atoms with van der Waals surface area (Å²) < 4.78 is 0. The summed E-state index contributed by atoms with van der Waals surface area (Å²) in [7, 11) is 0. The largest absolute Gasteiger partial charge is 0.481 e. The van der Waals surface area contributed by atoms with Gasteiger partial charge in [0.1, 0.15) is 0 Å². The van der Waals surface area contributed by atoms with Gasteiger partial charge in [0, 0.05) is 12.5 Å². The highest BCUT2D eigenvalue weighted by Crippen LogP contribution is 2.33. The van der Waals surface area contributed by atoms with Crippen molar-refractivity contribution >= 4 is 11.9 Å². The summed E-state index contributed by atoms with van der Waals surface area (Å²) in [6, 6.07) is 0.0906. The van der Waals surface area contributed by atoms with E-state index >= 15 is 0 Å². The molecular weight excluding hydrogens is 206 g/mol. The Kier molecular flexibility index (Phi) is 3.46. The molecule has 16 heavy (non-hydrogen) atoms. The second kappa shape index (κ2) is 4.85. The fourth-order valence-corrected chi connectivity index (χ4v) is 2.38. The third kappa shape index (κ3) is 3.22. The van der Waals surface area contributed by atoms with Gasteiger partial charge in [0.05, 0.1) is 5.92 Å². The van der Waals surface area contributed by atoms with E-state index in [1.54, 1.807) is 0 Å². The van der Waals surface area contributed by atoms with Crippen LogP contribution in [0.2, 0.25) is 0 Å². The van der Waals surface area contributed by atoms with Crippen LogP contribution in [0.5, 0.6) is 0 Å². The van der Waals surface area contributed by atoms with Crippen LogP contribution in [0.25, 0.3) is 0 Å². The molecule has 90 valence electrons. The molecule has 4 nitrogen and oxygen atoms in total. The lowest BCUT2D eigenvalue weighted by Gasteiger charge is -2.12. The van der Waals surface area contributed by atoms with Crippen molar-refractivity contribution in [3.05, 3.63) is 0 Å². The van der Waals surface area contributed by atoms with Crippen molar-refractivity contribution in [2.24, 2.45) is 11.8 Å². The van der Waals surface area contributed by atoms with Crippen LogP contribution in [-0.4, -0.2) is 23.0 Å². The van der Waals surface area contributed by atoms with Crippen molar-refractivity contribution in [2.45, 2.75) is 51.0 Å². The summed E-state index contributed by atoms with van der Waals surface area (Å²) in [6.07, 6.45) is 6.27. The normalized spacial score (nSPS) is 29.0. The molecule has 0 aromatic carbocycles. The standard InChI is InChI=1S/C12H19NO3/c14-11(6-3-8-1-2-8)13-10-5-4-9(7-10)12(15)16/h8-10H,1-7H2,(H,13,14)(H,15,16). The van der Waals surface area contributed by atoms with Gasteiger partial charge in [-0.05, 0) is 31.6 Å². The summed E-state index contributed by atoms with van der Waals surface area (Å²) >= 11 is 0. The minimum absolute atomic E-state index is 0.0906. The number of carbonyl (C=O) groups is 2. The van der Waals surface area contributed by atoms with E-state index in [0.717, 1.165) is 18.8 Å². The zero-order valence-corrected chi connectivity index (χ0v) is 9.45. The quantitative estimate of drug-likeness (QED) is 0.746. The molecule has 2 aliphatic rings. The molecule has 2 saturated carbocycles. The number of rotatable bonds is 5. The Morgan fingerprint density at radius 1 is 1.19 bits per heavy atom. The predicted octanol–water partition coefficient (Wildman–Crippen LogP) is 1.55. The van der Waals surface area contributed by atoms with Crippen molar-refractivity contribution in [1.29, 1.82) is 0 Å². The summed E-state index contributed by atoms with van der Waals surface area (Å²) in [5, 5.41) is 11.8. The number of carbonyl (C=O) groups excluding carboxylic acids is 1. The van der Waals surface area contributed by atoms with Gasteiger partial charge in [-0.15, -0.1) is 0 Å². The Hall–Kier alpha value is -1.06. The van der Waals surface area contributed by atoms with Crippen molar-refractivity contribution in [3.63, 3.8) is 0 Å².